The number of halogens is 1. The number of benzene rings is 3. The molecule has 0 radical (unpaired) electrons. The van der Waals surface area contributed by atoms with Gasteiger partial charge in [-0.05, 0) is 54.8 Å². The van der Waals surface area contributed by atoms with E-state index in [1.165, 1.54) is 0 Å². The smallest absolute Gasteiger partial charge is 0.314 e. The largest absolute Gasteiger partial charge is 0.322 e. The molecule has 0 aliphatic rings. The van der Waals surface area contributed by atoms with Crippen molar-refractivity contribution >= 4 is 38.6 Å². The first-order valence-corrected chi connectivity index (χ1v) is 12.6. The molecule has 1 heterocycles. The van der Waals surface area contributed by atoms with Crippen LogP contribution in [0.15, 0.2) is 88.1 Å². The van der Waals surface area contributed by atoms with Gasteiger partial charge in [0.15, 0.2) is 0 Å². The first-order chi connectivity index (χ1) is 16.9. The zero-order chi connectivity index (χ0) is 24.9. The Balaban J connectivity index is 1.87. The van der Waals surface area contributed by atoms with Gasteiger partial charge in [-0.1, -0.05) is 73.1 Å². The average molecular weight is 533 g/mol. The van der Waals surface area contributed by atoms with Crippen molar-refractivity contribution in [1.29, 1.82) is 0 Å². The molecule has 1 unspecified atom stereocenters. The zero-order valence-corrected chi connectivity index (χ0v) is 21.7. The second-order valence-corrected chi connectivity index (χ2v) is 9.79. The number of nitrogens with one attached hydrogen (secondary N) is 1. The summed E-state index contributed by atoms with van der Waals surface area (Å²) < 4.78 is 2.53. The Morgan fingerprint density at radius 2 is 1.74 bits per heavy atom. The molecule has 0 spiro atoms. The number of nitrogens with zero attached hydrogens (tertiary/aromatic N) is 3. The fourth-order valence-corrected chi connectivity index (χ4v) is 4.65. The van der Waals surface area contributed by atoms with Gasteiger partial charge in [-0.25, -0.2) is 9.78 Å². The molecule has 2 amide bonds. The number of carbonyl (C=O) groups is 1. The van der Waals surface area contributed by atoms with Crippen molar-refractivity contribution in [3.8, 4) is 5.69 Å². The standard InChI is InChI=1S/C28H29BrN4O2/c1-4-25(32(18-19(2)3)28(35)30-21-12-10-11-20(29)17-21)26-31-24-16-9-8-15-23(24)27(34)33(26)22-13-6-5-7-14-22/h5-17,19,25H,4,18H2,1-3H3,(H,30,35). The lowest BCUT2D eigenvalue weighted by Gasteiger charge is -2.33. The molecule has 1 atom stereocenters. The van der Waals surface area contributed by atoms with Crippen molar-refractivity contribution in [3.05, 3.63) is 99.5 Å². The topological polar surface area (TPSA) is 67.2 Å². The fraction of sp³-hybridized carbons (Fsp3) is 0.250. The van der Waals surface area contributed by atoms with E-state index in [0.29, 0.717) is 35.4 Å². The Morgan fingerprint density at radius 1 is 1.03 bits per heavy atom. The monoisotopic (exact) mass is 532 g/mol. The van der Waals surface area contributed by atoms with Crippen molar-refractivity contribution in [1.82, 2.24) is 14.5 Å². The number of hydrogen-bond acceptors (Lipinski definition) is 3. The van der Waals surface area contributed by atoms with Crippen LogP contribution in [0.5, 0.6) is 0 Å². The molecule has 180 valence electrons. The Morgan fingerprint density at radius 3 is 2.43 bits per heavy atom. The van der Waals surface area contributed by atoms with E-state index in [2.05, 4.69) is 35.1 Å². The van der Waals surface area contributed by atoms with Gasteiger partial charge in [-0.3, -0.25) is 9.36 Å². The summed E-state index contributed by atoms with van der Waals surface area (Å²) >= 11 is 3.46. The van der Waals surface area contributed by atoms with E-state index in [-0.39, 0.29) is 17.5 Å². The van der Waals surface area contributed by atoms with Crippen LogP contribution in [0.3, 0.4) is 0 Å². The van der Waals surface area contributed by atoms with Crippen molar-refractivity contribution in [2.24, 2.45) is 5.92 Å². The van der Waals surface area contributed by atoms with Gasteiger partial charge in [0.05, 0.1) is 22.6 Å². The van der Waals surface area contributed by atoms with Crippen LogP contribution in [0.25, 0.3) is 16.6 Å². The number of aromatic nitrogens is 2. The summed E-state index contributed by atoms with van der Waals surface area (Å²) in [5.41, 5.74) is 1.89. The van der Waals surface area contributed by atoms with Crippen LogP contribution in [0, 0.1) is 5.92 Å². The maximum absolute atomic E-state index is 13.7. The summed E-state index contributed by atoms with van der Waals surface area (Å²) in [6.07, 6.45) is 0.593. The summed E-state index contributed by atoms with van der Waals surface area (Å²) in [6.45, 7) is 6.67. The lowest BCUT2D eigenvalue weighted by Crippen LogP contribution is -2.42. The highest BCUT2D eigenvalue weighted by atomic mass is 79.9. The molecular formula is C28H29BrN4O2. The highest BCUT2D eigenvalue weighted by molar-refractivity contribution is 9.10. The lowest BCUT2D eigenvalue weighted by atomic mass is 10.1. The number of hydrogen-bond donors (Lipinski definition) is 1. The van der Waals surface area contributed by atoms with Crippen molar-refractivity contribution < 1.29 is 4.79 Å². The molecule has 0 fully saturated rings. The molecule has 1 aromatic heterocycles. The molecule has 0 saturated carbocycles. The van der Waals surface area contributed by atoms with Crippen molar-refractivity contribution in [2.45, 2.75) is 33.2 Å². The summed E-state index contributed by atoms with van der Waals surface area (Å²) in [5, 5.41) is 3.57. The molecule has 7 heteroatoms. The highest BCUT2D eigenvalue weighted by Crippen LogP contribution is 2.28. The predicted molar refractivity (Wildman–Crippen MR) is 145 cm³/mol. The third-order valence-corrected chi connectivity index (χ3v) is 6.27. The Bertz CT molecular complexity index is 1380. The zero-order valence-electron chi connectivity index (χ0n) is 20.1. The van der Waals surface area contributed by atoms with Crippen LogP contribution in [0.2, 0.25) is 0 Å². The van der Waals surface area contributed by atoms with Gasteiger partial charge < -0.3 is 10.2 Å². The van der Waals surface area contributed by atoms with Crippen LogP contribution in [0.1, 0.15) is 39.1 Å². The Kier molecular flexibility index (Phi) is 7.66. The third-order valence-electron chi connectivity index (χ3n) is 5.78. The minimum absolute atomic E-state index is 0.146. The molecule has 0 aliphatic carbocycles. The van der Waals surface area contributed by atoms with Crippen LogP contribution >= 0.6 is 15.9 Å². The molecule has 4 aromatic rings. The van der Waals surface area contributed by atoms with Crippen LogP contribution in [-0.2, 0) is 0 Å². The minimum Gasteiger partial charge on any atom is -0.314 e. The maximum atomic E-state index is 13.7. The van der Waals surface area contributed by atoms with E-state index in [9.17, 15) is 9.59 Å². The predicted octanol–water partition coefficient (Wildman–Crippen LogP) is 6.79. The summed E-state index contributed by atoms with van der Waals surface area (Å²) in [7, 11) is 0. The number of amides is 2. The second-order valence-electron chi connectivity index (χ2n) is 8.87. The van der Waals surface area contributed by atoms with Gasteiger partial charge in [-0.15, -0.1) is 0 Å². The summed E-state index contributed by atoms with van der Waals surface area (Å²) in [4.78, 5) is 34.1. The van der Waals surface area contributed by atoms with E-state index in [0.717, 1.165) is 10.2 Å². The second kappa shape index (κ2) is 10.9. The molecule has 0 bridgehead atoms. The number of rotatable bonds is 7. The maximum Gasteiger partial charge on any atom is 0.322 e. The molecule has 1 N–H and O–H groups in total. The number of para-hydroxylation sites is 2. The van der Waals surface area contributed by atoms with Gasteiger partial charge in [0.1, 0.15) is 5.82 Å². The van der Waals surface area contributed by atoms with E-state index < -0.39 is 6.04 Å². The Hall–Kier alpha value is -3.45. The average Bonchev–Trinajstić information content (AvgIpc) is 2.84. The molecule has 0 saturated heterocycles. The Labute approximate surface area is 213 Å². The van der Waals surface area contributed by atoms with Gasteiger partial charge in [0.25, 0.3) is 5.56 Å². The number of urea groups is 1. The first-order valence-electron chi connectivity index (χ1n) is 11.8. The van der Waals surface area contributed by atoms with Gasteiger partial charge in [0.2, 0.25) is 0 Å². The molecule has 3 aromatic carbocycles. The molecule has 4 rings (SSSR count). The van der Waals surface area contributed by atoms with Crippen LogP contribution in [-0.4, -0.2) is 27.0 Å². The van der Waals surface area contributed by atoms with Crippen LogP contribution < -0.4 is 10.9 Å². The van der Waals surface area contributed by atoms with E-state index in [1.54, 1.807) is 15.5 Å². The number of carbonyl (C=O) groups excluding carboxylic acids is 1. The summed E-state index contributed by atoms with van der Waals surface area (Å²) in [5.74, 6) is 0.766. The van der Waals surface area contributed by atoms with Gasteiger partial charge in [0, 0.05) is 16.7 Å². The molecule has 6 nitrogen and oxygen atoms in total. The van der Waals surface area contributed by atoms with Crippen LogP contribution in [0.4, 0.5) is 10.5 Å². The summed E-state index contributed by atoms with van der Waals surface area (Å²) in [6, 6.07) is 23.7. The van der Waals surface area contributed by atoms with E-state index >= 15 is 0 Å². The molecule has 35 heavy (non-hydrogen) atoms. The number of anilines is 1. The van der Waals surface area contributed by atoms with E-state index in [4.69, 9.17) is 4.98 Å². The molecular weight excluding hydrogens is 504 g/mol. The first kappa shape index (κ1) is 24.7. The van der Waals surface area contributed by atoms with E-state index in [1.807, 2.05) is 79.7 Å². The van der Waals surface area contributed by atoms with Crippen molar-refractivity contribution in [2.75, 3.05) is 11.9 Å². The highest BCUT2D eigenvalue weighted by Gasteiger charge is 2.29. The third kappa shape index (κ3) is 5.46. The van der Waals surface area contributed by atoms with Gasteiger partial charge >= 0.3 is 6.03 Å². The fourth-order valence-electron chi connectivity index (χ4n) is 4.25. The lowest BCUT2D eigenvalue weighted by molar-refractivity contribution is 0.171. The minimum atomic E-state index is -0.415. The van der Waals surface area contributed by atoms with Gasteiger partial charge in [-0.2, -0.15) is 0 Å². The van der Waals surface area contributed by atoms with Crippen molar-refractivity contribution in [3.63, 3.8) is 0 Å². The molecule has 0 aliphatic heterocycles. The quantitative estimate of drug-likeness (QED) is 0.285. The normalized spacial score (nSPS) is 12.0. The number of fused-ring (bicyclic) bond motifs is 1. The SMILES string of the molecule is CCC(c1nc2ccccc2c(=O)n1-c1ccccc1)N(CC(C)C)C(=O)Nc1cccc(Br)c1.